The summed E-state index contributed by atoms with van der Waals surface area (Å²) in [6, 6.07) is 15.5. The molecule has 0 aliphatic rings. The first-order chi connectivity index (χ1) is 16.3. The number of benzene rings is 3. The van der Waals surface area contributed by atoms with E-state index < -0.39 is 17.9 Å². The van der Waals surface area contributed by atoms with Gasteiger partial charge >= 0.3 is 0 Å². The van der Waals surface area contributed by atoms with Crippen molar-refractivity contribution in [3.63, 3.8) is 0 Å². The Morgan fingerprint density at radius 1 is 1.06 bits per heavy atom. The fourth-order valence-corrected chi connectivity index (χ4v) is 3.67. The second-order valence-corrected chi connectivity index (χ2v) is 8.92. The number of nitrogens with one attached hydrogen (secondary N) is 2. The Kier molecular flexibility index (Phi) is 8.91. The molecule has 0 fully saturated rings. The van der Waals surface area contributed by atoms with Crippen LogP contribution in [0.3, 0.4) is 0 Å². The molecule has 6 nitrogen and oxygen atoms in total. The van der Waals surface area contributed by atoms with Gasteiger partial charge in [-0.2, -0.15) is 5.10 Å². The molecule has 3 rings (SSSR count). The van der Waals surface area contributed by atoms with Crippen molar-refractivity contribution in [2.24, 2.45) is 11.0 Å². The molecule has 2 amide bonds. The highest BCUT2D eigenvalue weighted by Gasteiger charge is 2.25. The lowest BCUT2D eigenvalue weighted by molar-refractivity contribution is -0.123. The van der Waals surface area contributed by atoms with Crippen LogP contribution in [0.2, 0.25) is 10.0 Å². The zero-order valence-corrected chi connectivity index (χ0v) is 20.8. The number of hydrogen-bond acceptors (Lipinski definition) is 4. The molecule has 2 N–H and O–H groups in total. The number of halogens is 2. The maximum atomic E-state index is 12.9. The van der Waals surface area contributed by atoms with Gasteiger partial charge in [-0.3, -0.25) is 9.59 Å². The van der Waals surface area contributed by atoms with Crippen LogP contribution in [0.4, 0.5) is 0 Å². The van der Waals surface area contributed by atoms with Crippen molar-refractivity contribution in [3.05, 3.63) is 75.8 Å². The highest BCUT2D eigenvalue weighted by Crippen LogP contribution is 2.27. The number of amides is 2. The van der Waals surface area contributed by atoms with Crippen LogP contribution >= 0.6 is 23.2 Å². The lowest BCUT2D eigenvalue weighted by Gasteiger charge is -2.20. The third kappa shape index (κ3) is 6.27. The van der Waals surface area contributed by atoms with Crippen molar-refractivity contribution in [2.75, 3.05) is 6.61 Å². The smallest absolute Gasteiger partial charge is 0.262 e. The van der Waals surface area contributed by atoms with Gasteiger partial charge in [0.25, 0.3) is 11.8 Å². The molecule has 0 saturated heterocycles. The van der Waals surface area contributed by atoms with E-state index in [1.54, 1.807) is 12.3 Å². The average molecular weight is 500 g/mol. The average Bonchev–Trinajstić information content (AvgIpc) is 2.82. The zero-order valence-electron chi connectivity index (χ0n) is 19.3. The molecule has 8 heteroatoms. The highest BCUT2D eigenvalue weighted by atomic mass is 35.5. The Balaban J connectivity index is 1.77. The Morgan fingerprint density at radius 3 is 2.53 bits per heavy atom. The number of ether oxygens (including phenoxy) is 1. The molecule has 0 aliphatic carbocycles. The first-order valence-corrected chi connectivity index (χ1v) is 11.8. The number of rotatable bonds is 9. The van der Waals surface area contributed by atoms with Crippen molar-refractivity contribution < 1.29 is 14.3 Å². The number of carbonyl (C=O) groups excluding carboxylic acids is 2. The van der Waals surface area contributed by atoms with E-state index in [1.807, 2.05) is 57.2 Å². The lowest BCUT2D eigenvalue weighted by Crippen LogP contribution is -2.48. The summed E-state index contributed by atoms with van der Waals surface area (Å²) in [5, 5.41) is 9.53. The summed E-state index contributed by atoms with van der Waals surface area (Å²) >= 11 is 11.9. The summed E-state index contributed by atoms with van der Waals surface area (Å²) in [4.78, 5) is 25.5. The molecule has 178 valence electrons. The van der Waals surface area contributed by atoms with E-state index in [4.69, 9.17) is 27.9 Å². The van der Waals surface area contributed by atoms with Crippen LogP contribution in [0.15, 0.2) is 59.7 Å². The van der Waals surface area contributed by atoms with Gasteiger partial charge < -0.3 is 10.1 Å². The topological polar surface area (TPSA) is 79.8 Å². The Labute approximate surface area is 209 Å². The van der Waals surface area contributed by atoms with Gasteiger partial charge in [0.1, 0.15) is 11.8 Å². The normalized spacial score (nSPS) is 12.2. The lowest BCUT2D eigenvalue weighted by atomic mass is 10.0. The molecular formula is C26H27Cl2N3O3. The van der Waals surface area contributed by atoms with E-state index in [9.17, 15) is 9.59 Å². The molecule has 0 aliphatic heterocycles. The van der Waals surface area contributed by atoms with Crippen molar-refractivity contribution >= 4 is 52.0 Å². The monoisotopic (exact) mass is 499 g/mol. The summed E-state index contributed by atoms with van der Waals surface area (Å²) in [5.41, 5.74) is 3.63. The molecule has 0 spiro atoms. The highest BCUT2D eigenvalue weighted by molar-refractivity contribution is 6.42. The number of hydrogen-bond donors (Lipinski definition) is 2. The van der Waals surface area contributed by atoms with Gasteiger partial charge in [0, 0.05) is 11.1 Å². The number of fused-ring (bicyclic) bond motifs is 1. The van der Waals surface area contributed by atoms with Crippen LogP contribution in [0, 0.1) is 5.92 Å². The minimum Gasteiger partial charge on any atom is -0.493 e. The van der Waals surface area contributed by atoms with E-state index in [0.29, 0.717) is 22.9 Å². The number of hydrazone groups is 1. The summed E-state index contributed by atoms with van der Waals surface area (Å²) in [5.74, 6) is -0.355. The molecule has 1 atom stereocenters. The molecule has 0 heterocycles. The Hall–Kier alpha value is -3.09. The third-order valence-corrected chi connectivity index (χ3v) is 5.92. The van der Waals surface area contributed by atoms with Crippen molar-refractivity contribution in [2.45, 2.75) is 33.2 Å². The quantitative estimate of drug-likeness (QED) is 0.286. The van der Waals surface area contributed by atoms with Gasteiger partial charge in [0.15, 0.2) is 0 Å². The summed E-state index contributed by atoms with van der Waals surface area (Å²) in [6.45, 7) is 6.28. The standard InChI is InChI=1S/C26H27Cl2N3O3/c1-4-13-34-23-12-10-17-7-5-6-8-19(17)20(23)15-29-31-26(33)24(16(2)3)30-25(32)18-9-11-21(27)22(28)14-18/h5-12,14-16,24H,4,13H2,1-3H3,(H,30,32)(H,31,33)/b29-15+. The van der Waals surface area contributed by atoms with Gasteiger partial charge in [0.05, 0.1) is 22.9 Å². The van der Waals surface area contributed by atoms with Crippen LogP contribution in [0.5, 0.6) is 5.75 Å². The second kappa shape index (κ2) is 11.9. The first-order valence-electron chi connectivity index (χ1n) is 11.0. The van der Waals surface area contributed by atoms with Crippen molar-refractivity contribution in [1.29, 1.82) is 0 Å². The molecule has 0 aromatic heterocycles. The molecule has 0 saturated carbocycles. The third-order valence-electron chi connectivity index (χ3n) is 5.18. The molecule has 0 radical (unpaired) electrons. The molecule has 0 bridgehead atoms. The summed E-state index contributed by atoms with van der Waals surface area (Å²) < 4.78 is 5.88. The maximum Gasteiger partial charge on any atom is 0.262 e. The van der Waals surface area contributed by atoms with Gasteiger partial charge in [-0.1, -0.05) is 74.3 Å². The first kappa shape index (κ1) is 25.5. The second-order valence-electron chi connectivity index (χ2n) is 8.11. The van der Waals surface area contributed by atoms with Crippen molar-refractivity contribution in [1.82, 2.24) is 10.7 Å². The molecule has 34 heavy (non-hydrogen) atoms. The van der Waals surface area contributed by atoms with Crippen LogP contribution < -0.4 is 15.5 Å². The molecule has 3 aromatic rings. The fourth-order valence-electron chi connectivity index (χ4n) is 3.37. The predicted molar refractivity (Wildman–Crippen MR) is 138 cm³/mol. The van der Waals surface area contributed by atoms with Gasteiger partial charge in [-0.25, -0.2) is 5.43 Å². The zero-order chi connectivity index (χ0) is 24.7. The molecule has 1 unspecified atom stereocenters. The molecular weight excluding hydrogens is 473 g/mol. The number of nitrogens with zero attached hydrogens (tertiary/aromatic N) is 1. The number of carbonyl (C=O) groups is 2. The van der Waals surface area contributed by atoms with E-state index in [0.717, 1.165) is 22.8 Å². The van der Waals surface area contributed by atoms with E-state index in [-0.39, 0.29) is 10.9 Å². The largest absolute Gasteiger partial charge is 0.493 e. The maximum absolute atomic E-state index is 12.9. The van der Waals surface area contributed by atoms with Crippen LogP contribution in [0.25, 0.3) is 10.8 Å². The van der Waals surface area contributed by atoms with E-state index in [1.165, 1.54) is 12.1 Å². The fraction of sp³-hybridized carbons (Fsp3) is 0.269. The van der Waals surface area contributed by atoms with Gasteiger partial charge in [-0.05, 0) is 47.4 Å². The minimum absolute atomic E-state index is 0.178. The summed E-state index contributed by atoms with van der Waals surface area (Å²) in [6.07, 6.45) is 2.44. The van der Waals surface area contributed by atoms with E-state index in [2.05, 4.69) is 15.8 Å². The SMILES string of the molecule is CCCOc1ccc2ccccc2c1/C=N/NC(=O)C(NC(=O)c1ccc(Cl)c(Cl)c1)C(C)C. The minimum atomic E-state index is -0.803. The summed E-state index contributed by atoms with van der Waals surface area (Å²) in [7, 11) is 0. The van der Waals surface area contributed by atoms with Crippen LogP contribution in [-0.4, -0.2) is 30.7 Å². The molecule has 3 aromatic carbocycles. The predicted octanol–water partition coefficient (Wildman–Crippen LogP) is 5.84. The Morgan fingerprint density at radius 2 is 1.82 bits per heavy atom. The van der Waals surface area contributed by atoms with Gasteiger partial charge in [-0.15, -0.1) is 0 Å². The van der Waals surface area contributed by atoms with Crippen LogP contribution in [-0.2, 0) is 4.79 Å². The van der Waals surface area contributed by atoms with Gasteiger partial charge in [0.2, 0.25) is 0 Å². The van der Waals surface area contributed by atoms with Crippen molar-refractivity contribution in [3.8, 4) is 5.75 Å². The van der Waals surface area contributed by atoms with Crippen LogP contribution in [0.1, 0.15) is 43.1 Å². The Bertz CT molecular complexity index is 1210. The van der Waals surface area contributed by atoms with E-state index >= 15 is 0 Å².